The monoisotopic (exact) mass is 155 g/mol. The van der Waals surface area contributed by atoms with E-state index in [1.54, 1.807) is 0 Å². The van der Waals surface area contributed by atoms with Crippen LogP contribution < -0.4 is 0 Å². The van der Waals surface area contributed by atoms with E-state index in [2.05, 4.69) is 19.0 Å². The minimum atomic E-state index is 0.0194. The lowest BCUT2D eigenvalue weighted by atomic mass is 10.1. The molecule has 1 rings (SSSR count). The second-order valence-corrected chi connectivity index (χ2v) is 3.04. The lowest BCUT2D eigenvalue weighted by molar-refractivity contribution is 0.279. The van der Waals surface area contributed by atoms with Gasteiger partial charge in [-0.2, -0.15) is 0 Å². The Hall–Kier alpha value is -0.830. The van der Waals surface area contributed by atoms with Crippen LogP contribution in [0.1, 0.15) is 25.1 Å². The van der Waals surface area contributed by atoms with Gasteiger partial charge in [0.1, 0.15) is 6.26 Å². The summed E-state index contributed by atoms with van der Waals surface area (Å²) in [6, 6.07) is 0. The Kier molecular flexibility index (Phi) is 2.65. The van der Waals surface area contributed by atoms with Crippen molar-refractivity contribution < 1.29 is 9.63 Å². The topological polar surface area (TPSA) is 46.3 Å². The van der Waals surface area contributed by atoms with Gasteiger partial charge in [-0.3, -0.25) is 0 Å². The zero-order chi connectivity index (χ0) is 8.27. The van der Waals surface area contributed by atoms with E-state index in [1.165, 1.54) is 6.26 Å². The maximum Gasteiger partial charge on any atom is 0.129 e. The third-order valence-corrected chi connectivity index (χ3v) is 1.50. The lowest BCUT2D eigenvalue weighted by Gasteiger charge is -2.00. The normalized spacial score (nSPS) is 10.9. The molecule has 1 heterocycles. The van der Waals surface area contributed by atoms with Gasteiger partial charge in [-0.15, -0.1) is 0 Å². The lowest BCUT2D eigenvalue weighted by Crippen LogP contribution is -1.97. The van der Waals surface area contributed by atoms with Crippen molar-refractivity contribution in [1.82, 2.24) is 5.16 Å². The number of hydrogen-bond donors (Lipinski definition) is 1. The summed E-state index contributed by atoms with van der Waals surface area (Å²) in [6.45, 7) is 4.23. The van der Waals surface area contributed by atoms with Crippen molar-refractivity contribution in [2.24, 2.45) is 5.92 Å². The molecular weight excluding hydrogens is 142 g/mol. The molecule has 0 aromatic carbocycles. The van der Waals surface area contributed by atoms with E-state index in [0.29, 0.717) is 5.92 Å². The van der Waals surface area contributed by atoms with Crippen molar-refractivity contribution in [2.75, 3.05) is 0 Å². The highest BCUT2D eigenvalue weighted by atomic mass is 16.5. The Balaban J connectivity index is 2.68. The van der Waals surface area contributed by atoms with E-state index in [0.717, 1.165) is 17.7 Å². The first-order chi connectivity index (χ1) is 5.24. The Labute approximate surface area is 66.0 Å². The highest BCUT2D eigenvalue weighted by Gasteiger charge is 2.07. The minimum absolute atomic E-state index is 0.0194. The van der Waals surface area contributed by atoms with E-state index < -0.39 is 0 Å². The highest BCUT2D eigenvalue weighted by molar-refractivity contribution is 5.13. The molecule has 0 amide bonds. The molecule has 0 saturated heterocycles. The summed E-state index contributed by atoms with van der Waals surface area (Å²) in [5.41, 5.74) is 1.68. The summed E-state index contributed by atoms with van der Waals surface area (Å²) >= 11 is 0. The third-order valence-electron chi connectivity index (χ3n) is 1.50. The first kappa shape index (κ1) is 8.27. The molecule has 1 aromatic heterocycles. The SMILES string of the molecule is CC(C)Cc1nocc1CO. The molecule has 0 aliphatic rings. The molecule has 0 bridgehead atoms. The standard InChI is InChI=1S/C8H13NO2/c1-6(2)3-8-7(4-10)5-11-9-8/h5-6,10H,3-4H2,1-2H3. The zero-order valence-corrected chi connectivity index (χ0v) is 6.87. The number of aliphatic hydroxyl groups is 1. The second kappa shape index (κ2) is 3.53. The molecule has 11 heavy (non-hydrogen) atoms. The number of aromatic nitrogens is 1. The van der Waals surface area contributed by atoms with Crippen LogP contribution in [0.25, 0.3) is 0 Å². The van der Waals surface area contributed by atoms with Gasteiger partial charge in [0.05, 0.1) is 12.3 Å². The van der Waals surface area contributed by atoms with Crippen molar-refractivity contribution in [1.29, 1.82) is 0 Å². The minimum Gasteiger partial charge on any atom is -0.391 e. The molecule has 0 saturated carbocycles. The van der Waals surface area contributed by atoms with Crippen LogP contribution in [-0.4, -0.2) is 10.3 Å². The fourth-order valence-electron chi connectivity index (χ4n) is 0.964. The van der Waals surface area contributed by atoms with Gasteiger partial charge in [0.25, 0.3) is 0 Å². The molecule has 1 aromatic rings. The maximum absolute atomic E-state index is 8.82. The first-order valence-electron chi connectivity index (χ1n) is 3.77. The summed E-state index contributed by atoms with van der Waals surface area (Å²) in [4.78, 5) is 0. The fraction of sp³-hybridized carbons (Fsp3) is 0.625. The molecule has 0 aliphatic heterocycles. The van der Waals surface area contributed by atoms with Crippen LogP contribution in [0.5, 0.6) is 0 Å². The zero-order valence-electron chi connectivity index (χ0n) is 6.87. The van der Waals surface area contributed by atoms with Gasteiger partial charge in [-0.05, 0) is 12.3 Å². The van der Waals surface area contributed by atoms with E-state index in [9.17, 15) is 0 Å². The van der Waals surface area contributed by atoms with Gasteiger partial charge in [0.2, 0.25) is 0 Å². The van der Waals surface area contributed by atoms with Crippen LogP contribution in [0.15, 0.2) is 10.8 Å². The predicted molar refractivity (Wildman–Crippen MR) is 41.0 cm³/mol. The molecule has 0 aliphatic carbocycles. The fourth-order valence-corrected chi connectivity index (χ4v) is 0.964. The van der Waals surface area contributed by atoms with Crippen molar-refractivity contribution in [3.8, 4) is 0 Å². The largest absolute Gasteiger partial charge is 0.391 e. The number of aliphatic hydroxyl groups excluding tert-OH is 1. The van der Waals surface area contributed by atoms with Crippen LogP contribution in [-0.2, 0) is 13.0 Å². The quantitative estimate of drug-likeness (QED) is 0.717. The van der Waals surface area contributed by atoms with Crippen molar-refractivity contribution in [3.63, 3.8) is 0 Å². The van der Waals surface area contributed by atoms with Crippen LogP contribution in [0.4, 0.5) is 0 Å². The number of nitrogens with zero attached hydrogens (tertiary/aromatic N) is 1. The molecule has 62 valence electrons. The molecule has 0 spiro atoms. The molecule has 0 fully saturated rings. The Morgan fingerprint density at radius 1 is 1.64 bits per heavy atom. The Morgan fingerprint density at radius 3 is 2.91 bits per heavy atom. The first-order valence-corrected chi connectivity index (χ1v) is 3.77. The number of hydrogen-bond acceptors (Lipinski definition) is 3. The van der Waals surface area contributed by atoms with Crippen molar-refractivity contribution in [2.45, 2.75) is 26.9 Å². The molecule has 0 atom stereocenters. The molecule has 0 unspecified atom stereocenters. The van der Waals surface area contributed by atoms with E-state index in [1.807, 2.05) is 0 Å². The summed E-state index contributed by atoms with van der Waals surface area (Å²) in [5, 5.41) is 12.6. The van der Waals surface area contributed by atoms with Gasteiger partial charge >= 0.3 is 0 Å². The van der Waals surface area contributed by atoms with Gasteiger partial charge in [-0.25, -0.2) is 0 Å². The Morgan fingerprint density at radius 2 is 2.36 bits per heavy atom. The van der Waals surface area contributed by atoms with Crippen LogP contribution >= 0.6 is 0 Å². The molecule has 0 radical (unpaired) electrons. The van der Waals surface area contributed by atoms with Crippen molar-refractivity contribution in [3.05, 3.63) is 17.5 Å². The molecule has 1 N–H and O–H groups in total. The van der Waals surface area contributed by atoms with E-state index in [4.69, 9.17) is 9.63 Å². The maximum atomic E-state index is 8.82. The Bertz CT molecular complexity index is 218. The van der Waals surface area contributed by atoms with E-state index in [-0.39, 0.29) is 6.61 Å². The summed E-state index contributed by atoms with van der Waals surface area (Å²) < 4.78 is 4.73. The van der Waals surface area contributed by atoms with Gasteiger partial charge in [0, 0.05) is 5.56 Å². The molecule has 3 heteroatoms. The average molecular weight is 155 g/mol. The number of rotatable bonds is 3. The van der Waals surface area contributed by atoms with Crippen LogP contribution in [0.3, 0.4) is 0 Å². The van der Waals surface area contributed by atoms with Crippen LogP contribution in [0.2, 0.25) is 0 Å². The average Bonchev–Trinajstić information content (AvgIpc) is 2.34. The third kappa shape index (κ3) is 2.05. The molecule has 3 nitrogen and oxygen atoms in total. The van der Waals surface area contributed by atoms with Gasteiger partial charge in [-0.1, -0.05) is 19.0 Å². The summed E-state index contributed by atoms with van der Waals surface area (Å²) in [7, 11) is 0. The van der Waals surface area contributed by atoms with Gasteiger partial charge < -0.3 is 9.63 Å². The highest BCUT2D eigenvalue weighted by Crippen LogP contribution is 2.11. The van der Waals surface area contributed by atoms with Crippen molar-refractivity contribution >= 4 is 0 Å². The smallest absolute Gasteiger partial charge is 0.129 e. The predicted octanol–water partition coefficient (Wildman–Crippen LogP) is 1.37. The van der Waals surface area contributed by atoms with Gasteiger partial charge in [0.15, 0.2) is 0 Å². The summed E-state index contributed by atoms with van der Waals surface area (Å²) in [6.07, 6.45) is 2.37. The van der Waals surface area contributed by atoms with E-state index >= 15 is 0 Å². The summed E-state index contributed by atoms with van der Waals surface area (Å²) in [5.74, 6) is 0.547. The second-order valence-electron chi connectivity index (χ2n) is 3.04. The van der Waals surface area contributed by atoms with Crippen LogP contribution in [0, 0.1) is 5.92 Å². The molecular formula is C8H13NO2.